The highest BCUT2D eigenvalue weighted by Gasteiger charge is 2.01. The van der Waals surface area contributed by atoms with Crippen LogP contribution in [0, 0.1) is 0 Å². The number of benzene rings is 3. The molecule has 0 N–H and O–H groups in total. The van der Waals surface area contributed by atoms with E-state index in [0.717, 1.165) is 33.7 Å². The number of aromatic nitrogens is 2. The van der Waals surface area contributed by atoms with Crippen LogP contribution in [0.15, 0.2) is 85.3 Å². The molecule has 1 heterocycles. The van der Waals surface area contributed by atoms with Crippen LogP contribution >= 0.6 is 0 Å². The first-order valence-corrected chi connectivity index (χ1v) is 8.01. The number of ether oxygens (including phenoxy) is 2. The fourth-order valence-electron chi connectivity index (χ4n) is 2.52. The monoisotopic (exact) mass is 328 g/mol. The van der Waals surface area contributed by atoms with E-state index in [1.54, 1.807) is 6.33 Å². The molecule has 0 saturated heterocycles. The summed E-state index contributed by atoms with van der Waals surface area (Å²) < 4.78 is 11.6. The Hall–Kier alpha value is -3.40. The van der Waals surface area contributed by atoms with Gasteiger partial charge in [-0.2, -0.15) is 0 Å². The van der Waals surface area contributed by atoms with Crippen molar-refractivity contribution in [1.82, 2.24) is 9.97 Å². The Balaban J connectivity index is 1.40. The summed E-state index contributed by atoms with van der Waals surface area (Å²) >= 11 is 0. The van der Waals surface area contributed by atoms with Gasteiger partial charge in [-0.25, -0.2) is 9.97 Å². The maximum Gasteiger partial charge on any atom is 0.127 e. The maximum atomic E-state index is 5.85. The van der Waals surface area contributed by atoms with Crippen LogP contribution in [0.25, 0.3) is 10.9 Å². The Bertz CT molecular complexity index is 970. The van der Waals surface area contributed by atoms with E-state index in [9.17, 15) is 0 Å². The number of para-hydroxylation sites is 1. The molecule has 0 radical (unpaired) electrons. The van der Waals surface area contributed by atoms with E-state index in [4.69, 9.17) is 9.47 Å². The molecule has 3 aromatic carbocycles. The predicted molar refractivity (Wildman–Crippen MR) is 96.8 cm³/mol. The van der Waals surface area contributed by atoms with Gasteiger partial charge in [0.25, 0.3) is 0 Å². The first-order chi connectivity index (χ1) is 12.4. The van der Waals surface area contributed by atoms with Crippen LogP contribution in [0.4, 0.5) is 0 Å². The Kier molecular flexibility index (Phi) is 4.25. The van der Waals surface area contributed by atoms with Gasteiger partial charge in [0.1, 0.15) is 30.2 Å². The zero-order chi connectivity index (χ0) is 16.9. The minimum absolute atomic E-state index is 0.490. The fraction of sp³-hybridized carbons (Fsp3) is 0.0476. The van der Waals surface area contributed by atoms with E-state index in [1.807, 2.05) is 79.0 Å². The summed E-state index contributed by atoms with van der Waals surface area (Å²) in [5, 5.41) is 1.01. The van der Waals surface area contributed by atoms with Gasteiger partial charge in [-0.3, -0.25) is 0 Å². The average molecular weight is 328 g/mol. The van der Waals surface area contributed by atoms with Gasteiger partial charge >= 0.3 is 0 Å². The molecule has 1 aromatic heterocycles. The van der Waals surface area contributed by atoms with Gasteiger partial charge in [-0.05, 0) is 54.1 Å². The van der Waals surface area contributed by atoms with Crippen LogP contribution in [0.2, 0.25) is 0 Å². The van der Waals surface area contributed by atoms with E-state index < -0.39 is 0 Å². The van der Waals surface area contributed by atoms with Crippen LogP contribution in [0.5, 0.6) is 17.2 Å². The van der Waals surface area contributed by atoms with Gasteiger partial charge in [0.15, 0.2) is 0 Å². The molecule has 4 aromatic rings. The van der Waals surface area contributed by atoms with Crippen LogP contribution in [-0.4, -0.2) is 9.97 Å². The number of fused-ring (bicyclic) bond motifs is 1. The van der Waals surface area contributed by atoms with Crippen molar-refractivity contribution in [2.45, 2.75) is 6.61 Å². The summed E-state index contributed by atoms with van der Waals surface area (Å²) in [5.74, 6) is 2.39. The number of rotatable bonds is 5. The van der Waals surface area contributed by atoms with Crippen LogP contribution in [-0.2, 0) is 6.61 Å². The topological polar surface area (TPSA) is 44.2 Å². The Labute approximate surface area is 145 Å². The van der Waals surface area contributed by atoms with E-state index in [0.29, 0.717) is 6.61 Å². The zero-order valence-electron chi connectivity index (χ0n) is 13.5. The molecule has 25 heavy (non-hydrogen) atoms. The van der Waals surface area contributed by atoms with Crippen LogP contribution < -0.4 is 9.47 Å². The van der Waals surface area contributed by atoms with Gasteiger partial charge in [-0.15, -0.1) is 0 Å². The van der Waals surface area contributed by atoms with Gasteiger partial charge in [0.2, 0.25) is 0 Å². The van der Waals surface area contributed by atoms with E-state index >= 15 is 0 Å². The summed E-state index contributed by atoms with van der Waals surface area (Å²) in [6, 6.07) is 23.3. The van der Waals surface area contributed by atoms with Crippen molar-refractivity contribution < 1.29 is 9.47 Å². The highest BCUT2D eigenvalue weighted by Crippen LogP contribution is 2.24. The predicted octanol–water partition coefficient (Wildman–Crippen LogP) is 5.00. The molecule has 4 nitrogen and oxygen atoms in total. The largest absolute Gasteiger partial charge is 0.489 e. The molecule has 0 aliphatic heterocycles. The molecule has 0 atom stereocenters. The highest BCUT2D eigenvalue weighted by atomic mass is 16.5. The average Bonchev–Trinajstić information content (AvgIpc) is 2.68. The summed E-state index contributed by atoms with van der Waals surface area (Å²) in [4.78, 5) is 8.27. The quantitative estimate of drug-likeness (QED) is 0.517. The fourth-order valence-corrected chi connectivity index (χ4v) is 2.52. The van der Waals surface area contributed by atoms with Crippen LogP contribution in [0.3, 0.4) is 0 Å². The maximum absolute atomic E-state index is 5.85. The second-order valence-corrected chi connectivity index (χ2v) is 5.59. The molecular formula is C21H16N2O2. The molecule has 4 heteroatoms. The van der Waals surface area contributed by atoms with E-state index in [1.165, 1.54) is 0 Å². The summed E-state index contributed by atoms with van der Waals surface area (Å²) in [6.45, 7) is 0.490. The normalized spacial score (nSPS) is 10.6. The molecule has 122 valence electrons. The lowest BCUT2D eigenvalue weighted by molar-refractivity contribution is 0.306. The molecular weight excluding hydrogens is 312 g/mol. The smallest absolute Gasteiger partial charge is 0.127 e. The standard InChI is InChI=1S/C21H16N2O2/c1-2-4-19(5-3-1)25-20-9-7-18(8-10-20)24-14-16-6-11-21-17(12-16)13-22-15-23-21/h1-13,15H,14H2. The molecule has 0 saturated carbocycles. The van der Waals surface area contributed by atoms with Gasteiger partial charge in [-0.1, -0.05) is 24.3 Å². The van der Waals surface area contributed by atoms with Crippen molar-refractivity contribution in [1.29, 1.82) is 0 Å². The molecule has 0 bridgehead atoms. The molecule has 0 unspecified atom stereocenters. The van der Waals surface area contributed by atoms with Gasteiger partial charge in [0.05, 0.1) is 5.52 Å². The summed E-state index contributed by atoms with van der Waals surface area (Å²) in [5.41, 5.74) is 2.01. The van der Waals surface area contributed by atoms with E-state index in [2.05, 4.69) is 9.97 Å². The second kappa shape index (κ2) is 7.01. The molecule has 0 spiro atoms. The molecule has 0 amide bonds. The molecule has 0 aliphatic carbocycles. The minimum Gasteiger partial charge on any atom is -0.489 e. The molecule has 0 aliphatic rings. The lowest BCUT2D eigenvalue weighted by Gasteiger charge is -2.09. The van der Waals surface area contributed by atoms with E-state index in [-0.39, 0.29) is 0 Å². The molecule has 4 rings (SSSR count). The lowest BCUT2D eigenvalue weighted by Crippen LogP contribution is -1.95. The van der Waals surface area contributed by atoms with Crippen molar-refractivity contribution in [3.63, 3.8) is 0 Å². The number of hydrogen-bond acceptors (Lipinski definition) is 4. The third-order valence-electron chi connectivity index (χ3n) is 3.78. The summed E-state index contributed by atoms with van der Waals surface area (Å²) in [6.07, 6.45) is 3.36. The van der Waals surface area contributed by atoms with Crippen LogP contribution in [0.1, 0.15) is 5.56 Å². The summed E-state index contributed by atoms with van der Waals surface area (Å²) in [7, 11) is 0. The zero-order valence-corrected chi connectivity index (χ0v) is 13.5. The third-order valence-corrected chi connectivity index (χ3v) is 3.78. The van der Waals surface area contributed by atoms with Gasteiger partial charge < -0.3 is 9.47 Å². The molecule has 0 fully saturated rings. The number of nitrogens with zero attached hydrogens (tertiary/aromatic N) is 2. The van der Waals surface area contributed by atoms with Crippen molar-refractivity contribution in [2.24, 2.45) is 0 Å². The first kappa shape index (κ1) is 15.1. The second-order valence-electron chi connectivity index (χ2n) is 5.59. The lowest BCUT2D eigenvalue weighted by atomic mass is 10.1. The van der Waals surface area contributed by atoms with Crippen molar-refractivity contribution in [3.8, 4) is 17.2 Å². The van der Waals surface area contributed by atoms with Crippen molar-refractivity contribution >= 4 is 10.9 Å². The Morgan fingerprint density at radius 2 is 1.52 bits per heavy atom. The SMILES string of the molecule is c1ccc(Oc2ccc(OCc3ccc4ncncc4c3)cc2)cc1. The number of hydrogen-bond donors (Lipinski definition) is 0. The van der Waals surface area contributed by atoms with Crippen molar-refractivity contribution in [2.75, 3.05) is 0 Å². The van der Waals surface area contributed by atoms with Gasteiger partial charge in [0, 0.05) is 11.6 Å². The minimum atomic E-state index is 0.490. The first-order valence-electron chi connectivity index (χ1n) is 8.01. The van der Waals surface area contributed by atoms with Crippen molar-refractivity contribution in [3.05, 3.63) is 90.9 Å². The third kappa shape index (κ3) is 3.75. The highest BCUT2D eigenvalue weighted by molar-refractivity contribution is 5.77. The Morgan fingerprint density at radius 1 is 0.760 bits per heavy atom. The Morgan fingerprint density at radius 3 is 2.36 bits per heavy atom.